The Morgan fingerprint density at radius 1 is 1.00 bits per heavy atom. The van der Waals surface area contributed by atoms with Gasteiger partial charge < -0.3 is 14.6 Å². The molecule has 1 aromatic carbocycles. The van der Waals surface area contributed by atoms with Gasteiger partial charge in [0.2, 0.25) is 0 Å². The maximum Gasteiger partial charge on any atom is 0.335 e. The van der Waals surface area contributed by atoms with E-state index in [9.17, 15) is 14.4 Å². The van der Waals surface area contributed by atoms with Crippen LogP contribution < -0.4 is 0 Å². The molecule has 0 aliphatic heterocycles. The number of rotatable bonds is 7. The lowest BCUT2D eigenvalue weighted by molar-refractivity contribution is -0.145. The zero-order chi connectivity index (χ0) is 15.8. The smallest absolute Gasteiger partial charge is 0.335 e. The zero-order valence-electron chi connectivity index (χ0n) is 11.9. The number of esters is 2. The molecule has 7 nitrogen and oxygen atoms in total. The average Bonchev–Trinajstić information content (AvgIpc) is 2.47. The number of benzene rings is 1. The van der Waals surface area contributed by atoms with Crippen LogP contribution in [0.5, 0.6) is 0 Å². The fourth-order valence-corrected chi connectivity index (χ4v) is 1.67. The molecule has 0 heterocycles. The highest BCUT2D eigenvalue weighted by Gasteiger charge is 2.16. The van der Waals surface area contributed by atoms with Gasteiger partial charge in [0.05, 0.1) is 32.9 Å². The molecule has 21 heavy (non-hydrogen) atoms. The van der Waals surface area contributed by atoms with Crippen LogP contribution in [0.15, 0.2) is 24.3 Å². The number of carboxylic acids is 1. The standard InChI is InChI=1S/C14H17NO6/c1-20-12(16)8-15(9-13(17)21-2)7-10-3-5-11(6-4-10)14(18)19/h3-6H,7-9H2,1-2H3,(H,18,19). The monoisotopic (exact) mass is 295 g/mol. The van der Waals surface area contributed by atoms with E-state index >= 15 is 0 Å². The molecular formula is C14H17NO6. The number of hydrogen-bond acceptors (Lipinski definition) is 6. The highest BCUT2D eigenvalue weighted by molar-refractivity contribution is 5.87. The summed E-state index contributed by atoms with van der Waals surface area (Å²) >= 11 is 0. The van der Waals surface area contributed by atoms with Crippen molar-refractivity contribution in [2.24, 2.45) is 0 Å². The second-order valence-electron chi connectivity index (χ2n) is 4.30. The number of nitrogens with zero attached hydrogens (tertiary/aromatic N) is 1. The Kier molecular flexibility index (Phi) is 6.35. The van der Waals surface area contributed by atoms with Crippen LogP contribution in [-0.4, -0.2) is 55.2 Å². The summed E-state index contributed by atoms with van der Waals surface area (Å²) in [6.45, 7) is 0.169. The first-order chi connectivity index (χ1) is 9.96. The molecule has 0 atom stereocenters. The zero-order valence-corrected chi connectivity index (χ0v) is 11.9. The lowest BCUT2D eigenvalue weighted by Gasteiger charge is -2.19. The van der Waals surface area contributed by atoms with Gasteiger partial charge in [-0.25, -0.2) is 4.79 Å². The first-order valence-corrected chi connectivity index (χ1v) is 6.14. The van der Waals surface area contributed by atoms with Crippen LogP contribution in [0.4, 0.5) is 0 Å². The minimum Gasteiger partial charge on any atom is -0.478 e. The number of methoxy groups -OCH3 is 2. The Balaban J connectivity index is 2.76. The van der Waals surface area contributed by atoms with E-state index in [1.165, 1.54) is 26.4 Å². The van der Waals surface area contributed by atoms with Gasteiger partial charge in [-0.1, -0.05) is 12.1 Å². The Bertz CT molecular complexity index is 493. The number of ether oxygens (including phenoxy) is 2. The summed E-state index contributed by atoms with van der Waals surface area (Å²) in [4.78, 5) is 35.0. The number of hydrogen-bond donors (Lipinski definition) is 1. The van der Waals surface area contributed by atoms with Crippen molar-refractivity contribution in [3.05, 3.63) is 35.4 Å². The van der Waals surface area contributed by atoms with Gasteiger partial charge in [0.15, 0.2) is 0 Å². The van der Waals surface area contributed by atoms with E-state index in [0.29, 0.717) is 6.54 Å². The Hall–Kier alpha value is -2.41. The summed E-state index contributed by atoms with van der Waals surface area (Å²) in [6.07, 6.45) is 0. The Morgan fingerprint density at radius 2 is 1.48 bits per heavy atom. The third-order valence-corrected chi connectivity index (χ3v) is 2.77. The lowest BCUT2D eigenvalue weighted by Crippen LogP contribution is -2.35. The molecule has 0 aliphatic carbocycles. The van der Waals surface area contributed by atoms with Gasteiger partial charge in [0, 0.05) is 6.54 Å². The molecule has 0 spiro atoms. The van der Waals surface area contributed by atoms with Crippen LogP contribution in [0.2, 0.25) is 0 Å². The summed E-state index contributed by atoms with van der Waals surface area (Å²) in [7, 11) is 2.53. The molecule has 0 aliphatic rings. The minimum atomic E-state index is -1.01. The van der Waals surface area contributed by atoms with Crippen LogP contribution >= 0.6 is 0 Å². The molecule has 1 N–H and O–H groups in total. The highest BCUT2D eigenvalue weighted by atomic mass is 16.5. The first-order valence-electron chi connectivity index (χ1n) is 6.14. The van der Waals surface area contributed by atoms with Crippen molar-refractivity contribution in [1.82, 2.24) is 4.90 Å². The molecule has 0 unspecified atom stereocenters. The van der Waals surface area contributed by atoms with Crippen molar-refractivity contribution in [2.45, 2.75) is 6.54 Å². The summed E-state index contributed by atoms with van der Waals surface area (Å²) in [5.74, 6) is -1.95. The first kappa shape index (κ1) is 16.6. The largest absolute Gasteiger partial charge is 0.478 e. The van der Waals surface area contributed by atoms with Crippen LogP contribution in [0, 0.1) is 0 Å². The van der Waals surface area contributed by atoms with Crippen molar-refractivity contribution in [3.63, 3.8) is 0 Å². The Labute approximate surface area is 122 Å². The van der Waals surface area contributed by atoms with Gasteiger partial charge in [-0.2, -0.15) is 0 Å². The van der Waals surface area contributed by atoms with Crippen LogP contribution in [0.25, 0.3) is 0 Å². The van der Waals surface area contributed by atoms with E-state index in [1.807, 2.05) is 0 Å². The number of carbonyl (C=O) groups is 3. The third-order valence-electron chi connectivity index (χ3n) is 2.77. The predicted molar refractivity (Wildman–Crippen MR) is 72.7 cm³/mol. The molecule has 0 saturated carbocycles. The van der Waals surface area contributed by atoms with Gasteiger partial charge in [-0.3, -0.25) is 14.5 Å². The van der Waals surface area contributed by atoms with E-state index in [2.05, 4.69) is 9.47 Å². The Morgan fingerprint density at radius 3 is 1.86 bits per heavy atom. The predicted octanol–water partition coefficient (Wildman–Crippen LogP) is 0.533. The number of aromatic carboxylic acids is 1. The summed E-state index contributed by atoms with van der Waals surface area (Å²) in [5.41, 5.74) is 0.944. The SMILES string of the molecule is COC(=O)CN(CC(=O)OC)Cc1ccc(C(=O)O)cc1. The van der Waals surface area contributed by atoms with Crippen molar-refractivity contribution in [3.8, 4) is 0 Å². The molecule has 0 radical (unpaired) electrons. The number of carbonyl (C=O) groups excluding carboxylic acids is 2. The fourth-order valence-electron chi connectivity index (χ4n) is 1.67. The lowest BCUT2D eigenvalue weighted by atomic mass is 10.1. The van der Waals surface area contributed by atoms with Gasteiger partial charge >= 0.3 is 17.9 Å². The van der Waals surface area contributed by atoms with E-state index in [4.69, 9.17) is 5.11 Å². The molecule has 1 aromatic rings. The molecule has 0 amide bonds. The quantitative estimate of drug-likeness (QED) is 0.733. The minimum absolute atomic E-state index is 0.0632. The highest BCUT2D eigenvalue weighted by Crippen LogP contribution is 2.08. The fraction of sp³-hybridized carbons (Fsp3) is 0.357. The van der Waals surface area contributed by atoms with Crippen LogP contribution in [0.3, 0.4) is 0 Å². The van der Waals surface area contributed by atoms with E-state index in [1.54, 1.807) is 17.0 Å². The summed E-state index contributed by atoms with van der Waals surface area (Å²) in [5, 5.41) is 8.83. The van der Waals surface area contributed by atoms with Gasteiger partial charge in [0.1, 0.15) is 0 Å². The van der Waals surface area contributed by atoms with E-state index in [0.717, 1.165) is 5.56 Å². The van der Waals surface area contributed by atoms with Gasteiger partial charge in [-0.05, 0) is 17.7 Å². The average molecular weight is 295 g/mol. The maximum absolute atomic E-state index is 11.3. The van der Waals surface area contributed by atoms with Gasteiger partial charge in [-0.15, -0.1) is 0 Å². The van der Waals surface area contributed by atoms with Crippen molar-refractivity contribution in [2.75, 3.05) is 27.3 Å². The summed E-state index contributed by atoms with van der Waals surface area (Å²) in [6, 6.07) is 6.19. The topological polar surface area (TPSA) is 93.1 Å². The molecule has 0 saturated heterocycles. The van der Waals surface area contributed by atoms with Crippen LogP contribution in [0.1, 0.15) is 15.9 Å². The molecule has 7 heteroatoms. The number of carboxylic acid groups (broad SMARTS) is 1. The van der Waals surface area contributed by atoms with Gasteiger partial charge in [0.25, 0.3) is 0 Å². The van der Waals surface area contributed by atoms with Crippen LogP contribution in [-0.2, 0) is 25.6 Å². The van der Waals surface area contributed by atoms with Crippen molar-refractivity contribution < 1.29 is 29.0 Å². The van der Waals surface area contributed by atoms with E-state index < -0.39 is 17.9 Å². The molecule has 0 fully saturated rings. The molecule has 114 valence electrons. The van der Waals surface area contributed by atoms with E-state index in [-0.39, 0.29) is 18.7 Å². The molecule has 0 aromatic heterocycles. The second-order valence-corrected chi connectivity index (χ2v) is 4.30. The van der Waals surface area contributed by atoms with Crippen molar-refractivity contribution in [1.29, 1.82) is 0 Å². The second kappa shape index (κ2) is 8.01. The molecule has 1 rings (SSSR count). The third kappa shape index (κ3) is 5.62. The summed E-state index contributed by atoms with van der Waals surface area (Å²) < 4.78 is 9.15. The molecular weight excluding hydrogens is 278 g/mol. The normalized spacial score (nSPS) is 10.2. The van der Waals surface area contributed by atoms with Crippen molar-refractivity contribution >= 4 is 17.9 Å². The maximum atomic E-state index is 11.3. The molecule has 0 bridgehead atoms.